The molecule has 0 radical (unpaired) electrons. The number of hydrogen-bond donors (Lipinski definition) is 2. The minimum absolute atomic E-state index is 0.155. The monoisotopic (exact) mass is 497 g/mol. The molecule has 1 saturated heterocycles. The fraction of sp³-hybridized carbons (Fsp3) is 0.346. The number of likely N-dealkylation sites (tertiary alicyclic amines) is 1. The van der Waals surface area contributed by atoms with E-state index in [1.165, 1.54) is 37.0 Å². The van der Waals surface area contributed by atoms with Gasteiger partial charge in [0.05, 0.1) is 4.90 Å². The fourth-order valence-corrected chi connectivity index (χ4v) is 5.89. The Balaban J connectivity index is 1.31. The maximum Gasteiger partial charge on any atom is 0.251 e. The van der Waals surface area contributed by atoms with Gasteiger partial charge < -0.3 is 5.32 Å². The van der Waals surface area contributed by atoms with E-state index in [1.807, 2.05) is 29.6 Å². The molecule has 1 aromatic heterocycles. The van der Waals surface area contributed by atoms with Crippen LogP contribution in [-0.4, -0.2) is 38.9 Å². The molecule has 0 bridgehead atoms. The number of thiophene rings is 1. The van der Waals surface area contributed by atoms with E-state index in [1.54, 1.807) is 23.5 Å². The third-order valence-electron chi connectivity index (χ3n) is 6.07. The van der Waals surface area contributed by atoms with Gasteiger partial charge in [0, 0.05) is 30.1 Å². The number of benzene rings is 2. The first-order valence-corrected chi connectivity index (χ1v) is 14.1. The molecular weight excluding hydrogens is 466 g/mol. The van der Waals surface area contributed by atoms with E-state index in [4.69, 9.17) is 0 Å². The van der Waals surface area contributed by atoms with Crippen molar-refractivity contribution in [2.24, 2.45) is 0 Å². The molecule has 0 saturated carbocycles. The van der Waals surface area contributed by atoms with Crippen LogP contribution < -0.4 is 10.0 Å². The summed E-state index contributed by atoms with van der Waals surface area (Å²) in [5, 5.41) is 4.95. The van der Waals surface area contributed by atoms with Gasteiger partial charge in [-0.25, -0.2) is 13.1 Å². The van der Waals surface area contributed by atoms with Gasteiger partial charge >= 0.3 is 0 Å². The standard InChI is InChI=1S/C26H31N3O3S2/c30-26(27-19-22-7-2-3-8-23(22)20-29-16-4-1-5-17-29)21-10-12-25(13-11-21)34(31,32)28-15-14-24-9-6-18-33-24/h2-3,6-13,18,28H,1,4-5,14-17,19-20H2,(H,27,30). The number of nitrogens with one attached hydrogen (secondary N) is 2. The van der Waals surface area contributed by atoms with Gasteiger partial charge in [-0.2, -0.15) is 0 Å². The van der Waals surface area contributed by atoms with Gasteiger partial charge in [-0.05, 0) is 79.2 Å². The average molecular weight is 498 g/mol. The van der Waals surface area contributed by atoms with E-state index in [0.29, 0.717) is 25.1 Å². The Morgan fingerprint density at radius 1 is 0.912 bits per heavy atom. The summed E-state index contributed by atoms with van der Waals surface area (Å²) in [6.07, 6.45) is 4.44. The lowest BCUT2D eigenvalue weighted by molar-refractivity contribution is 0.0950. The molecule has 1 fully saturated rings. The van der Waals surface area contributed by atoms with Gasteiger partial charge in [0.2, 0.25) is 10.0 Å². The Kier molecular flexibility index (Phi) is 8.50. The second kappa shape index (κ2) is 11.8. The first kappa shape index (κ1) is 24.6. The van der Waals surface area contributed by atoms with Crippen LogP contribution in [0.2, 0.25) is 0 Å². The lowest BCUT2D eigenvalue weighted by Gasteiger charge is -2.27. The highest BCUT2D eigenvalue weighted by Crippen LogP contribution is 2.17. The van der Waals surface area contributed by atoms with Crippen LogP contribution in [0.4, 0.5) is 0 Å². The quantitative estimate of drug-likeness (QED) is 0.440. The van der Waals surface area contributed by atoms with Crippen molar-refractivity contribution in [1.29, 1.82) is 0 Å². The van der Waals surface area contributed by atoms with E-state index >= 15 is 0 Å². The SMILES string of the molecule is O=C(NCc1ccccc1CN1CCCCC1)c1ccc(S(=O)(=O)NCCc2cccs2)cc1. The third kappa shape index (κ3) is 6.76. The number of sulfonamides is 1. The predicted molar refractivity (Wildman–Crippen MR) is 136 cm³/mol. The van der Waals surface area contributed by atoms with Crippen molar-refractivity contribution >= 4 is 27.3 Å². The summed E-state index contributed by atoms with van der Waals surface area (Å²) < 4.78 is 27.7. The van der Waals surface area contributed by atoms with E-state index in [-0.39, 0.29) is 10.8 Å². The Bertz CT molecular complexity index is 1170. The first-order valence-electron chi connectivity index (χ1n) is 11.7. The van der Waals surface area contributed by atoms with Crippen LogP contribution in [-0.2, 0) is 29.5 Å². The third-order valence-corrected chi connectivity index (χ3v) is 8.48. The molecule has 3 aromatic rings. The molecule has 6 nitrogen and oxygen atoms in total. The van der Waals surface area contributed by atoms with Crippen molar-refractivity contribution in [2.45, 2.75) is 43.7 Å². The van der Waals surface area contributed by atoms with Crippen LogP contribution in [0.25, 0.3) is 0 Å². The van der Waals surface area contributed by atoms with Crippen molar-refractivity contribution in [1.82, 2.24) is 14.9 Å². The number of carbonyl (C=O) groups is 1. The molecule has 1 amide bonds. The van der Waals surface area contributed by atoms with Gasteiger partial charge in [0.25, 0.3) is 5.91 Å². The molecule has 0 unspecified atom stereocenters. The number of amides is 1. The smallest absolute Gasteiger partial charge is 0.251 e. The highest BCUT2D eigenvalue weighted by atomic mass is 32.2. The van der Waals surface area contributed by atoms with E-state index < -0.39 is 10.0 Å². The molecule has 8 heteroatoms. The second-order valence-electron chi connectivity index (χ2n) is 8.54. The Morgan fingerprint density at radius 3 is 2.35 bits per heavy atom. The largest absolute Gasteiger partial charge is 0.348 e. The Morgan fingerprint density at radius 2 is 1.65 bits per heavy atom. The van der Waals surface area contributed by atoms with Crippen LogP contribution in [0.3, 0.4) is 0 Å². The van der Waals surface area contributed by atoms with Crippen LogP contribution >= 0.6 is 11.3 Å². The summed E-state index contributed by atoms with van der Waals surface area (Å²) in [5.41, 5.74) is 2.78. The topological polar surface area (TPSA) is 78.5 Å². The van der Waals surface area contributed by atoms with Crippen molar-refractivity contribution in [3.8, 4) is 0 Å². The molecule has 4 rings (SSSR count). The summed E-state index contributed by atoms with van der Waals surface area (Å²) in [6.45, 7) is 3.92. The zero-order valence-electron chi connectivity index (χ0n) is 19.2. The van der Waals surface area contributed by atoms with Crippen LogP contribution in [0.15, 0.2) is 70.9 Å². The highest BCUT2D eigenvalue weighted by molar-refractivity contribution is 7.89. The van der Waals surface area contributed by atoms with Gasteiger partial charge in [-0.1, -0.05) is 36.8 Å². The predicted octanol–water partition coefficient (Wildman–Crippen LogP) is 4.19. The molecule has 34 heavy (non-hydrogen) atoms. The molecular formula is C26H31N3O3S2. The maximum atomic E-state index is 12.7. The minimum atomic E-state index is -3.61. The Labute approximate surface area is 206 Å². The van der Waals surface area contributed by atoms with Crippen molar-refractivity contribution < 1.29 is 13.2 Å². The van der Waals surface area contributed by atoms with Gasteiger partial charge in [0.15, 0.2) is 0 Å². The van der Waals surface area contributed by atoms with E-state index in [0.717, 1.165) is 30.1 Å². The molecule has 0 aliphatic carbocycles. The molecule has 2 aromatic carbocycles. The van der Waals surface area contributed by atoms with Crippen molar-refractivity contribution in [2.75, 3.05) is 19.6 Å². The summed E-state index contributed by atoms with van der Waals surface area (Å²) in [6, 6.07) is 18.2. The summed E-state index contributed by atoms with van der Waals surface area (Å²) in [4.78, 5) is 16.5. The number of piperidine rings is 1. The zero-order chi connectivity index (χ0) is 23.8. The van der Waals surface area contributed by atoms with Crippen LogP contribution in [0.1, 0.15) is 45.6 Å². The normalized spacial score (nSPS) is 14.7. The number of carbonyl (C=O) groups excluding carboxylic acids is 1. The van der Waals surface area contributed by atoms with Crippen molar-refractivity contribution in [3.05, 3.63) is 87.6 Å². The zero-order valence-corrected chi connectivity index (χ0v) is 20.8. The average Bonchev–Trinajstić information content (AvgIpc) is 3.37. The minimum Gasteiger partial charge on any atom is -0.348 e. The fourth-order valence-electron chi connectivity index (χ4n) is 4.15. The molecule has 0 atom stereocenters. The molecule has 2 N–H and O–H groups in total. The molecule has 0 spiro atoms. The van der Waals surface area contributed by atoms with E-state index in [9.17, 15) is 13.2 Å². The van der Waals surface area contributed by atoms with Gasteiger partial charge in [0.1, 0.15) is 0 Å². The highest BCUT2D eigenvalue weighted by Gasteiger charge is 2.16. The van der Waals surface area contributed by atoms with Crippen LogP contribution in [0, 0.1) is 0 Å². The summed E-state index contributed by atoms with van der Waals surface area (Å²) >= 11 is 1.61. The lowest BCUT2D eigenvalue weighted by Crippen LogP contribution is -2.30. The Hall–Kier alpha value is -2.52. The summed E-state index contributed by atoms with van der Waals surface area (Å²) in [7, 11) is -3.61. The number of hydrogen-bond acceptors (Lipinski definition) is 5. The second-order valence-corrected chi connectivity index (χ2v) is 11.3. The van der Waals surface area contributed by atoms with Gasteiger partial charge in [-0.3, -0.25) is 9.69 Å². The van der Waals surface area contributed by atoms with Crippen LogP contribution in [0.5, 0.6) is 0 Å². The molecule has 2 heterocycles. The molecule has 180 valence electrons. The molecule has 1 aliphatic rings. The lowest BCUT2D eigenvalue weighted by atomic mass is 10.0. The van der Waals surface area contributed by atoms with E-state index in [2.05, 4.69) is 27.1 Å². The molecule has 1 aliphatic heterocycles. The van der Waals surface area contributed by atoms with Crippen molar-refractivity contribution in [3.63, 3.8) is 0 Å². The maximum absolute atomic E-state index is 12.7. The van der Waals surface area contributed by atoms with Gasteiger partial charge in [-0.15, -0.1) is 11.3 Å². The first-order chi connectivity index (χ1) is 16.5. The number of rotatable bonds is 10. The summed E-state index contributed by atoms with van der Waals surface area (Å²) in [5.74, 6) is -0.220. The number of nitrogens with zero attached hydrogens (tertiary/aromatic N) is 1.